The summed E-state index contributed by atoms with van der Waals surface area (Å²) in [7, 11) is 0. The van der Waals surface area contributed by atoms with Gasteiger partial charge in [0.1, 0.15) is 12.4 Å². The number of carbonyl (C=O) groups is 2. The van der Waals surface area contributed by atoms with Gasteiger partial charge in [-0.05, 0) is 67.4 Å². The zero-order valence-electron chi connectivity index (χ0n) is 18.2. The van der Waals surface area contributed by atoms with Crippen LogP contribution in [0.15, 0.2) is 60.7 Å². The predicted octanol–water partition coefficient (Wildman–Crippen LogP) is 5.93. The molecular weight excluding hydrogens is 447 g/mol. The Labute approximate surface area is 197 Å². The Bertz CT molecular complexity index is 1050. The van der Waals surface area contributed by atoms with Crippen molar-refractivity contribution in [3.63, 3.8) is 0 Å². The summed E-state index contributed by atoms with van der Waals surface area (Å²) in [4.78, 5) is 31.9. The summed E-state index contributed by atoms with van der Waals surface area (Å²) >= 11 is 7.57. The van der Waals surface area contributed by atoms with Crippen molar-refractivity contribution in [3.05, 3.63) is 92.4 Å². The molecule has 0 N–H and O–H groups in total. The van der Waals surface area contributed by atoms with Gasteiger partial charge < -0.3 is 9.80 Å². The molecule has 168 valence electrons. The number of rotatable bonds is 9. The van der Waals surface area contributed by atoms with Crippen LogP contribution in [-0.4, -0.2) is 34.7 Å². The van der Waals surface area contributed by atoms with Crippen LogP contribution in [0.2, 0.25) is 5.02 Å². The van der Waals surface area contributed by atoms with E-state index in [1.807, 2.05) is 26.0 Å². The molecule has 1 heterocycles. The van der Waals surface area contributed by atoms with Gasteiger partial charge in [0.25, 0.3) is 5.91 Å². The molecule has 2 aromatic carbocycles. The molecule has 0 saturated heterocycles. The van der Waals surface area contributed by atoms with Gasteiger partial charge in [-0.25, -0.2) is 4.39 Å². The number of thiophene rings is 1. The third-order valence-electron chi connectivity index (χ3n) is 4.98. The molecule has 0 aliphatic heterocycles. The smallest absolute Gasteiger partial charge is 0.254 e. The van der Waals surface area contributed by atoms with E-state index in [-0.39, 0.29) is 24.2 Å². The number of amides is 2. The Morgan fingerprint density at radius 1 is 0.938 bits per heavy atom. The Morgan fingerprint density at radius 2 is 1.62 bits per heavy atom. The second kappa shape index (κ2) is 11.2. The number of halogens is 2. The van der Waals surface area contributed by atoms with Crippen LogP contribution in [0.3, 0.4) is 0 Å². The molecule has 0 aliphatic carbocycles. The normalized spacial score (nSPS) is 10.8. The van der Waals surface area contributed by atoms with Gasteiger partial charge in [-0.1, -0.05) is 30.7 Å². The van der Waals surface area contributed by atoms with Crippen molar-refractivity contribution in [2.75, 3.05) is 13.1 Å². The molecule has 0 bridgehead atoms. The summed E-state index contributed by atoms with van der Waals surface area (Å²) in [6.45, 7) is 5.21. The van der Waals surface area contributed by atoms with Crippen LogP contribution in [0.25, 0.3) is 0 Å². The van der Waals surface area contributed by atoms with Crippen LogP contribution in [-0.2, 0) is 17.9 Å². The van der Waals surface area contributed by atoms with Crippen LogP contribution in [0, 0.1) is 12.7 Å². The number of aryl methyl sites for hydroxylation is 1. The van der Waals surface area contributed by atoms with Gasteiger partial charge in [-0.15, -0.1) is 11.3 Å². The molecule has 7 heteroatoms. The number of nitrogens with zero attached hydrogens (tertiary/aromatic N) is 2. The average Bonchev–Trinajstić information content (AvgIpc) is 3.19. The molecule has 0 unspecified atom stereocenters. The Hall–Kier alpha value is -2.70. The lowest BCUT2D eigenvalue weighted by atomic mass is 10.2. The first kappa shape index (κ1) is 24.0. The molecule has 0 radical (unpaired) electrons. The van der Waals surface area contributed by atoms with Crippen molar-refractivity contribution >= 4 is 34.8 Å². The lowest BCUT2D eigenvalue weighted by molar-refractivity contribution is -0.133. The van der Waals surface area contributed by atoms with E-state index in [9.17, 15) is 14.0 Å². The highest BCUT2D eigenvalue weighted by molar-refractivity contribution is 7.11. The van der Waals surface area contributed by atoms with Crippen LogP contribution in [0.5, 0.6) is 0 Å². The number of hydrogen-bond donors (Lipinski definition) is 0. The minimum Gasteiger partial charge on any atom is -0.332 e. The lowest BCUT2D eigenvalue weighted by Crippen LogP contribution is -2.42. The van der Waals surface area contributed by atoms with Gasteiger partial charge in [-0.2, -0.15) is 0 Å². The number of benzene rings is 2. The van der Waals surface area contributed by atoms with Crippen molar-refractivity contribution in [1.82, 2.24) is 9.80 Å². The summed E-state index contributed by atoms with van der Waals surface area (Å²) in [5, 5.41) is 0.552. The highest BCUT2D eigenvalue weighted by atomic mass is 35.5. The molecule has 1 aromatic heterocycles. The molecule has 0 fully saturated rings. The van der Waals surface area contributed by atoms with E-state index in [0.717, 1.165) is 16.9 Å². The average molecular weight is 473 g/mol. The first-order chi connectivity index (χ1) is 15.4. The van der Waals surface area contributed by atoms with E-state index in [1.54, 1.807) is 57.5 Å². The van der Waals surface area contributed by atoms with E-state index < -0.39 is 0 Å². The molecule has 2 amide bonds. The van der Waals surface area contributed by atoms with Crippen molar-refractivity contribution in [2.45, 2.75) is 33.4 Å². The van der Waals surface area contributed by atoms with E-state index in [2.05, 4.69) is 0 Å². The van der Waals surface area contributed by atoms with Crippen molar-refractivity contribution < 1.29 is 14.0 Å². The fourth-order valence-electron chi connectivity index (χ4n) is 3.36. The molecule has 3 aromatic rings. The van der Waals surface area contributed by atoms with Crippen LogP contribution >= 0.6 is 22.9 Å². The van der Waals surface area contributed by atoms with E-state index in [4.69, 9.17) is 11.6 Å². The quantitative estimate of drug-likeness (QED) is 0.387. The lowest BCUT2D eigenvalue weighted by Gasteiger charge is -2.27. The number of hydrogen-bond acceptors (Lipinski definition) is 3. The van der Waals surface area contributed by atoms with Crippen LogP contribution < -0.4 is 0 Å². The molecule has 0 saturated carbocycles. The second-order valence-electron chi connectivity index (χ2n) is 7.62. The van der Waals surface area contributed by atoms with Crippen molar-refractivity contribution in [2.24, 2.45) is 0 Å². The Kier molecular flexibility index (Phi) is 8.42. The Morgan fingerprint density at radius 3 is 2.22 bits per heavy atom. The monoisotopic (exact) mass is 472 g/mol. The summed E-state index contributed by atoms with van der Waals surface area (Å²) in [6.07, 6.45) is 0.731. The Balaban J connectivity index is 1.79. The van der Waals surface area contributed by atoms with Gasteiger partial charge >= 0.3 is 0 Å². The maximum Gasteiger partial charge on any atom is 0.254 e. The maximum absolute atomic E-state index is 13.3. The summed E-state index contributed by atoms with van der Waals surface area (Å²) < 4.78 is 13.3. The standard InChI is InChI=1S/C25H26ClFN2O2S/c1-3-14-28(25(31)20-7-9-21(26)10-8-20)17-24(30)29(16-23-13-4-18(2)32-23)15-19-5-11-22(27)12-6-19/h4-13H,3,14-17H2,1-2H3. The minimum atomic E-state index is -0.316. The third kappa shape index (κ3) is 6.65. The number of carbonyl (C=O) groups excluding carboxylic acids is 2. The fourth-order valence-corrected chi connectivity index (χ4v) is 4.39. The maximum atomic E-state index is 13.3. The highest BCUT2D eigenvalue weighted by Gasteiger charge is 2.23. The second-order valence-corrected chi connectivity index (χ2v) is 9.43. The summed E-state index contributed by atoms with van der Waals surface area (Å²) in [5.74, 6) is -0.676. The van der Waals surface area contributed by atoms with Gasteiger partial charge in [0.15, 0.2) is 0 Å². The topological polar surface area (TPSA) is 40.6 Å². The van der Waals surface area contributed by atoms with E-state index in [1.165, 1.54) is 17.0 Å². The molecule has 4 nitrogen and oxygen atoms in total. The van der Waals surface area contributed by atoms with Crippen LogP contribution in [0.1, 0.15) is 39.0 Å². The third-order valence-corrected chi connectivity index (χ3v) is 6.22. The van der Waals surface area contributed by atoms with Gasteiger partial charge in [0, 0.05) is 33.4 Å². The molecule has 0 atom stereocenters. The molecule has 0 spiro atoms. The zero-order valence-corrected chi connectivity index (χ0v) is 19.8. The summed E-state index contributed by atoms with van der Waals surface area (Å²) in [6, 6.07) is 16.8. The zero-order chi connectivity index (χ0) is 23.1. The highest BCUT2D eigenvalue weighted by Crippen LogP contribution is 2.20. The summed E-state index contributed by atoms with van der Waals surface area (Å²) in [5.41, 5.74) is 1.33. The van der Waals surface area contributed by atoms with Crippen molar-refractivity contribution in [3.8, 4) is 0 Å². The van der Waals surface area contributed by atoms with E-state index >= 15 is 0 Å². The molecule has 0 aliphatic rings. The van der Waals surface area contributed by atoms with Gasteiger partial charge in [0.2, 0.25) is 5.91 Å². The molecule has 3 rings (SSSR count). The minimum absolute atomic E-state index is 0.0269. The first-order valence-electron chi connectivity index (χ1n) is 10.5. The predicted molar refractivity (Wildman–Crippen MR) is 127 cm³/mol. The fraction of sp³-hybridized carbons (Fsp3) is 0.280. The van der Waals surface area contributed by atoms with Gasteiger partial charge in [-0.3, -0.25) is 9.59 Å². The van der Waals surface area contributed by atoms with E-state index in [0.29, 0.717) is 30.2 Å². The molecular formula is C25H26ClFN2O2S. The van der Waals surface area contributed by atoms with Crippen molar-refractivity contribution in [1.29, 1.82) is 0 Å². The first-order valence-corrected chi connectivity index (χ1v) is 11.7. The molecule has 32 heavy (non-hydrogen) atoms. The van der Waals surface area contributed by atoms with Crippen LogP contribution in [0.4, 0.5) is 4.39 Å². The SMILES string of the molecule is CCCN(CC(=O)N(Cc1ccc(F)cc1)Cc1ccc(C)s1)C(=O)c1ccc(Cl)cc1. The van der Waals surface area contributed by atoms with Gasteiger partial charge in [0.05, 0.1) is 6.54 Å². The largest absolute Gasteiger partial charge is 0.332 e.